The molecule has 1 unspecified atom stereocenters. The first kappa shape index (κ1) is 20.7. The molecule has 0 saturated heterocycles. The summed E-state index contributed by atoms with van der Waals surface area (Å²) in [6.45, 7) is 8.86. The van der Waals surface area contributed by atoms with E-state index in [2.05, 4.69) is 19.9 Å². The van der Waals surface area contributed by atoms with E-state index in [1.54, 1.807) is 12.2 Å². The van der Waals surface area contributed by atoms with Crippen molar-refractivity contribution in [3.8, 4) is 0 Å². The zero-order valence-corrected chi connectivity index (χ0v) is 19.0. The number of ketones is 2. The Bertz CT molecular complexity index is 1020. The second-order valence-corrected chi connectivity index (χ2v) is 11.0. The molecule has 5 aliphatic carbocycles. The van der Waals surface area contributed by atoms with Gasteiger partial charge >= 0.3 is 5.97 Å². The van der Waals surface area contributed by atoms with Crippen LogP contribution in [0, 0.1) is 28.1 Å². The molecule has 164 valence electrons. The van der Waals surface area contributed by atoms with Gasteiger partial charge in [0.15, 0.2) is 5.78 Å². The first-order chi connectivity index (χ1) is 14.6. The predicted octanol–water partition coefficient (Wildman–Crippen LogP) is 5.05. The Balaban J connectivity index is 1.67. The van der Waals surface area contributed by atoms with E-state index >= 15 is 0 Å². The minimum atomic E-state index is -0.450. The molecule has 5 rings (SSSR count). The average molecular weight is 421 g/mol. The van der Waals surface area contributed by atoms with Gasteiger partial charge in [-0.25, -0.2) is 0 Å². The summed E-state index contributed by atoms with van der Waals surface area (Å²) in [4.78, 5) is 38.9. The monoisotopic (exact) mass is 420 g/mol. The zero-order chi connectivity index (χ0) is 22.2. The summed E-state index contributed by atoms with van der Waals surface area (Å²) in [5.74, 6) is -0.0698. The SMILES string of the molecule is CC(C)COC(=O)[C@@H]1CC2=CC(=O)C=CC2(C)C2=C1C1=CC[C@@]3(C)CCC(=O)[C@@]13CC2. The number of hydrogen-bond donors (Lipinski definition) is 0. The fourth-order valence-electron chi connectivity index (χ4n) is 7.03. The van der Waals surface area contributed by atoms with Gasteiger partial charge in [0.1, 0.15) is 5.78 Å². The Morgan fingerprint density at radius 1 is 1.19 bits per heavy atom. The number of rotatable bonds is 3. The Hall–Kier alpha value is -2.23. The lowest BCUT2D eigenvalue weighted by Crippen LogP contribution is -2.46. The summed E-state index contributed by atoms with van der Waals surface area (Å²) >= 11 is 0. The molecule has 0 N–H and O–H groups in total. The van der Waals surface area contributed by atoms with Crippen molar-refractivity contribution in [2.45, 2.75) is 66.2 Å². The maximum Gasteiger partial charge on any atom is 0.313 e. The van der Waals surface area contributed by atoms with Gasteiger partial charge in [-0.05, 0) is 73.7 Å². The van der Waals surface area contributed by atoms with Gasteiger partial charge in [0.2, 0.25) is 0 Å². The molecule has 4 nitrogen and oxygen atoms in total. The van der Waals surface area contributed by atoms with Crippen LogP contribution in [0.5, 0.6) is 0 Å². The minimum absolute atomic E-state index is 0.0169. The van der Waals surface area contributed by atoms with Crippen molar-refractivity contribution in [3.05, 3.63) is 46.6 Å². The van der Waals surface area contributed by atoms with E-state index in [9.17, 15) is 14.4 Å². The van der Waals surface area contributed by atoms with Crippen molar-refractivity contribution in [2.24, 2.45) is 28.1 Å². The third-order valence-electron chi connectivity index (χ3n) is 8.80. The molecule has 0 aliphatic heterocycles. The molecule has 1 saturated carbocycles. The fourth-order valence-corrected chi connectivity index (χ4v) is 7.03. The van der Waals surface area contributed by atoms with Gasteiger partial charge in [-0.1, -0.05) is 44.1 Å². The number of allylic oxidation sites excluding steroid dienone is 7. The van der Waals surface area contributed by atoms with Crippen LogP contribution < -0.4 is 0 Å². The van der Waals surface area contributed by atoms with Crippen LogP contribution in [0.1, 0.15) is 66.2 Å². The summed E-state index contributed by atoms with van der Waals surface area (Å²) < 4.78 is 5.73. The Kier molecular flexibility index (Phi) is 4.42. The van der Waals surface area contributed by atoms with E-state index in [4.69, 9.17) is 4.74 Å². The van der Waals surface area contributed by atoms with Crippen molar-refractivity contribution in [1.82, 2.24) is 0 Å². The Labute approximate surface area is 184 Å². The van der Waals surface area contributed by atoms with Crippen molar-refractivity contribution in [2.75, 3.05) is 6.61 Å². The molecule has 0 bridgehead atoms. The molecule has 31 heavy (non-hydrogen) atoms. The van der Waals surface area contributed by atoms with E-state index in [1.165, 1.54) is 5.57 Å². The highest BCUT2D eigenvalue weighted by Crippen LogP contribution is 2.70. The van der Waals surface area contributed by atoms with Gasteiger partial charge in [-0.2, -0.15) is 0 Å². The van der Waals surface area contributed by atoms with Crippen LogP contribution in [-0.2, 0) is 19.1 Å². The molecular weight excluding hydrogens is 388 g/mol. The molecule has 0 heterocycles. The van der Waals surface area contributed by atoms with Gasteiger partial charge in [-0.3, -0.25) is 14.4 Å². The molecule has 0 aromatic rings. The van der Waals surface area contributed by atoms with Gasteiger partial charge in [-0.15, -0.1) is 0 Å². The van der Waals surface area contributed by atoms with Crippen molar-refractivity contribution in [3.63, 3.8) is 0 Å². The molecule has 0 aromatic carbocycles. The zero-order valence-electron chi connectivity index (χ0n) is 19.0. The molecule has 4 atom stereocenters. The standard InChI is InChI=1S/C27H32O4/c1-16(2)15-31-24(30)19-14-17-13-18(28)5-11-26(17,4)20-7-12-27-21(23(19)20)6-9-25(27,3)10-8-22(27)29/h5-6,11,13,16,19H,7-10,12,14-15H2,1-4H3/t19-,25+,26?,27-/m1/s1. The number of esters is 1. The Morgan fingerprint density at radius 3 is 2.71 bits per heavy atom. The van der Waals surface area contributed by atoms with Crippen molar-refractivity contribution >= 4 is 17.5 Å². The lowest BCUT2D eigenvalue weighted by atomic mass is 9.51. The first-order valence-electron chi connectivity index (χ1n) is 11.7. The number of carbonyl (C=O) groups excluding carboxylic acids is 3. The highest BCUT2D eigenvalue weighted by Gasteiger charge is 2.65. The minimum Gasteiger partial charge on any atom is -0.465 e. The predicted molar refractivity (Wildman–Crippen MR) is 118 cm³/mol. The summed E-state index contributed by atoms with van der Waals surface area (Å²) in [5, 5.41) is 0. The molecule has 1 spiro atoms. The van der Waals surface area contributed by atoms with Crippen LogP contribution in [0.2, 0.25) is 0 Å². The van der Waals surface area contributed by atoms with E-state index in [0.717, 1.165) is 42.4 Å². The van der Waals surface area contributed by atoms with Crippen molar-refractivity contribution < 1.29 is 19.1 Å². The van der Waals surface area contributed by atoms with Crippen LogP contribution >= 0.6 is 0 Å². The molecular formula is C27H32O4. The highest BCUT2D eigenvalue weighted by molar-refractivity contribution is 6.02. The van der Waals surface area contributed by atoms with E-state index in [-0.39, 0.29) is 28.5 Å². The van der Waals surface area contributed by atoms with Gasteiger partial charge < -0.3 is 4.74 Å². The third-order valence-corrected chi connectivity index (χ3v) is 8.80. The molecule has 1 fully saturated rings. The second-order valence-electron chi connectivity index (χ2n) is 11.0. The highest BCUT2D eigenvalue weighted by atomic mass is 16.5. The van der Waals surface area contributed by atoms with E-state index < -0.39 is 11.3 Å². The number of Topliss-reactive ketones (excluding diaryl/α,β-unsaturated/α-hetero) is 1. The van der Waals surface area contributed by atoms with Gasteiger partial charge in [0.05, 0.1) is 17.9 Å². The quantitative estimate of drug-likeness (QED) is 0.599. The van der Waals surface area contributed by atoms with Crippen LogP contribution in [0.15, 0.2) is 46.6 Å². The summed E-state index contributed by atoms with van der Waals surface area (Å²) in [5.41, 5.74) is 3.52. The molecule has 5 aliphatic rings. The summed E-state index contributed by atoms with van der Waals surface area (Å²) in [6.07, 6.45) is 12.2. The molecule has 0 aromatic heterocycles. The fraction of sp³-hybridized carbons (Fsp3) is 0.593. The molecule has 4 heteroatoms. The Morgan fingerprint density at radius 2 is 1.97 bits per heavy atom. The van der Waals surface area contributed by atoms with Crippen LogP contribution in [0.3, 0.4) is 0 Å². The van der Waals surface area contributed by atoms with Crippen LogP contribution in [0.4, 0.5) is 0 Å². The van der Waals surface area contributed by atoms with Gasteiger partial charge in [0, 0.05) is 11.8 Å². The topological polar surface area (TPSA) is 60.4 Å². The van der Waals surface area contributed by atoms with E-state index in [1.807, 2.05) is 19.9 Å². The molecule has 0 radical (unpaired) electrons. The summed E-state index contributed by atoms with van der Waals surface area (Å²) in [6, 6.07) is 0. The number of fused-ring (bicyclic) bond motifs is 3. The third kappa shape index (κ3) is 2.63. The van der Waals surface area contributed by atoms with Crippen LogP contribution in [0.25, 0.3) is 0 Å². The van der Waals surface area contributed by atoms with Crippen molar-refractivity contribution in [1.29, 1.82) is 0 Å². The van der Waals surface area contributed by atoms with Gasteiger partial charge in [0.25, 0.3) is 0 Å². The maximum atomic E-state index is 13.4. The number of ether oxygens (including phenoxy) is 1. The average Bonchev–Trinajstić information content (AvgIpc) is 3.16. The number of carbonyl (C=O) groups is 3. The largest absolute Gasteiger partial charge is 0.465 e. The lowest BCUT2D eigenvalue weighted by molar-refractivity contribution is -0.148. The first-order valence-corrected chi connectivity index (χ1v) is 11.7. The normalized spacial score (nSPS) is 38.4. The van der Waals surface area contributed by atoms with Crippen LogP contribution in [-0.4, -0.2) is 24.1 Å². The van der Waals surface area contributed by atoms with E-state index in [0.29, 0.717) is 25.2 Å². The molecule has 0 amide bonds. The lowest BCUT2D eigenvalue weighted by Gasteiger charge is -2.51. The number of hydrogen-bond acceptors (Lipinski definition) is 4. The summed E-state index contributed by atoms with van der Waals surface area (Å²) in [7, 11) is 0. The second kappa shape index (κ2) is 6.63. The maximum absolute atomic E-state index is 13.4. The smallest absolute Gasteiger partial charge is 0.313 e.